The number of aromatic nitrogens is 3. The molecule has 1 amide bonds. The molecule has 10 heteroatoms. The number of hydrogen-bond donors (Lipinski definition) is 2. The molecule has 0 unspecified atom stereocenters. The predicted octanol–water partition coefficient (Wildman–Crippen LogP) is 4.60. The van der Waals surface area contributed by atoms with Crippen molar-refractivity contribution in [3.63, 3.8) is 0 Å². The second kappa shape index (κ2) is 12.1. The number of methoxy groups -OCH3 is 1. The number of carbonyl (C=O) groups excluding carboxylic acids is 1. The zero-order valence-electron chi connectivity index (χ0n) is 20.7. The van der Waals surface area contributed by atoms with Gasteiger partial charge in [0.2, 0.25) is 0 Å². The fourth-order valence-corrected chi connectivity index (χ4v) is 4.18. The molecule has 4 aromatic rings. The Labute approximate surface area is 219 Å². The quantitative estimate of drug-likeness (QED) is 0.180. The van der Waals surface area contributed by atoms with E-state index in [1.807, 2.05) is 66.9 Å². The minimum atomic E-state index is -0.300. The lowest BCUT2D eigenvalue weighted by Crippen LogP contribution is -2.20. The van der Waals surface area contributed by atoms with Gasteiger partial charge in [0, 0.05) is 11.3 Å². The molecule has 0 radical (unpaired) electrons. The van der Waals surface area contributed by atoms with Gasteiger partial charge in [-0.2, -0.15) is 5.10 Å². The molecule has 0 aliphatic heterocycles. The number of amides is 1. The van der Waals surface area contributed by atoms with Gasteiger partial charge >= 0.3 is 0 Å². The Morgan fingerprint density at radius 2 is 1.86 bits per heavy atom. The zero-order valence-corrected chi connectivity index (χ0v) is 21.5. The number of hydrazone groups is 1. The Bertz CT molecular complexity index is 1390. The molecule has 4 rings (SSSR count). The molecule has 0 aliphatic rings. The van der Waals surface area contributed by atoms with Gasteiger partial charge in [-0.25, -0.2) is 5.43 Å². The van der Waals surface area contributed by atoms with E-state index in [9.17, 15) is 9.90 Å². The predicted molar refractivity (Wildman–Crippen MR) is 144 cm³/mol. The lowest BCUT2D eigenvalue weighted by molar-refractivity contribution is -0.118. The fraction of sp³-hybridized carbons (Fsp3) is 0.185. The molecule has 0 atom stereocenters. The Kier molecular flexibility index (Phi) is 8.42. The van der Waals surface area contributed by atoms with Crippen LogP contribution in [-0.4, -0.2) is 51.5 Å². The second-order valence-corrected chi connectivity index (χ2v) is 8.89. The van der Waals surface area contributed by atoms with Gasteiger partial charge < -0.3 is 14.6 Å². The summed E-state index contributed by atoms with van der Waals surface area (Å²) in [7, 11) is 1.62. The lowest BCUT2D eigenvalue weighted by atomic mass is 10.1. The highest BCUT2D eigenvalue weighted by atomic mass is 32.2. The van der Waals surface area contributed by atoms with Gasteiger partial charge in [-0.05, 0) is 61.9 Å². The number of aryl methyl sites for hydroxylation is 1. The average molecular weight is 518 g/mol. The number of benzene rings is 3. The number of phenolic OH excluding ortho intramolecular Hbond substituents is 1. The third kappa shape index (κ3) is 6.47. The molecule has 0 saturated heterocycles. The van der Waals surface area contributed by atoms with Crippen molar-refractivity contribution in [1.82, 2.24) is 20.2 Å². The van der Waals surface area contributed by atoms with Crippen LogP contribution in [0.25, 0.3) is 17.1 Å². The van der Waals surface area contributed by atoms with Crippen LogP contribution in [0.2, 0.25) is 0 Å². The number of carbonyl (C=O) groups is 1. The van der Waals surface area contributed by atoms with Crippen LogP contribution in [0.15, 0.2) is 77.0 Å². The van der Waals surface area contributed by atoms with Crippen LogP contribution >= 0.6 is 11.8 Å². The van der Waals surface area contributed by atoms with Gasteiger partial charge in [-0.1, -0.05) is 41.6 Å². The Balaban J connectivity index is 1.48. The molecule has 0 bridgehead atoms. The number of ether oxygens (including phenoxy) is 2. The molecule has 0 saturated carbocycles. The molecule has 0 fully saturated rings. The first-order valence-electron chi connectivity index (χ1n) is 11.6. The summed E-state index contributed by atoms with van der Waals surface area (Å²) >= 11 is 1.25. The molecule has 1 aromatic heterocycles. The highest BCUT2D eigenvalue weighted by Gasteiger charge is 2.17. The van der Waals surface area contributed by atoms with Crippen LogP contribution in [0.1, 0.15) is 18.1 Å². The number of phenols is 1. The molecule has 190 valence electrons. The first-order chi connectivity index (χ1) is 18.0. The van der Waals surface area contributed by atoms with E-state index in [4.69, 9.17) is 9.47 Å². The summed E-state index contributed by atoms with van der Waals surface area (Å²) < 4.78 is 12.6. The fourth-order valence-electron chi connectivity index (χ4n) is 3.44. The third-order valence-electron chi connectivity index (χ3n) is 5.29. The molecule has 1 heterocycles. The van der Waals surface area contributed by atoms with E-state index in [-0.39, 0.29) is 17.4 Å². The molecular weight excluding hydrogens is 490 g/mol. The number of rotatable bonds is 10. The molecular formula is C27H27N5O4S. The Morgan fingerprint density at radius 1 is 1.11 bits per heavy atom. The monoisotopic (exact) mass is 517 g/mol. The summed E-state index contributed by atoms with van der Waals surface area (Å²) in [6.07, 6.45) is 1.49. The largest absolute Gasteiger partial charge is 0.504 e. The summed E-state index contributed by atoms with van der Waals surface area (Å²) in [6, 6.07) is 20.4. The second-order valence-electron chi connectivity index (χ2n) is 7.95. The van der Waals surface area contributed by atoms with Gasteiger partial charge in [0.05, 0.1) is 25.7 Å². The van der Waals surface area contributed by atoms with Gasteiger partial charge in [-0.3, -0.25) is 9.36 Å². The van der Waals surface area contributed by atoms with Gasteiger partial charge in [0.25, 0.3) is 5.91 Å². The third-order valence-corrected chi connectivity index (χ3v) is 6.22. The molecule has 37 heavy (non-hydrogen) atoms. The van der Waals surface area contributed by atoms with E-state index in [2.05, 4.69) is 20.7 Å². The molecule has 9 nitrogen and oxygen atoms in total. The van der Waals surface area contributed by atoms with E-state index in [1.165, 1.54) is 24.0 Å². The molecule has 0 spiro atoms. The van der Waals surface area contributed by atoms with E-state index in [0.717, 1.165) is 22.6 Å². The molecule has 3 aromatic carbocycles. The van der Waals surface area contributed by atoms with Crippen molar-refractivity contribution in [2.45, 2.75) is 19.0 Å². The first-order valence-corrected chi connectivity index (χ1v) is 12.5. The van der Waals surface area contributed by atoms with Crippen LogP contribution in [-0.2, 0) is 4.79 Å². The van der Waals surface area contributed by atoms with Crippen LogP contribution < -0.4 is 14.9 Å². The Morgan fingerprint density at radius 3 is 2.57 bits per heavy atom. The topological polar surface area (TPSA) is 111 Å². The van der Waals surface area contributed by atoms with Crippen molar-refractivity contribution in [3.8, 4) is 34.3 Å². The van der Waals surface area contributed by atoms with Crippen molar-refractivity contribution in [1.29, 1.82) is 0 Å². The number of hydrogen-bond acceptors (Lipinski definition) is 8. The van der Waals surface area contributed by atoms with E-state index in [1.54, 1.807) is 19.2 Å². The SMILES string of the molecule is CCOc1cc(C=NNC(=O)CSc2nnc(-c3ccc(C)cc3)n2-c2ccc(OC)cc2)ccc1O. The van der Waals surface area contributed by atoms with Crippen molar-refractivity contribution in [3.05, 3.63) is 77.9 Å². The van der Waals surface area contributed by atoms with Crippen molar-refractivity contribution < 1.29 is 19.4 Å². The summed E-state index contributed by atoms with van der Waals surface area (Å²) in [5, 5.41) is 23.2. The first kappa shape index (κ1) is 25.8. The summed E-state index contributed by atoms with van der Waals surface area (Å²) in [5.74, 6) is 1.59. The van der Waals surface area contributed by atoms with Crippen LogP contribution in [0, 0.1) is 6.92 Å². The maximum absolute atomic E-state index is 12.5. The zero-order chi connectivity index (χ0) is 26.2. The standard InChI is InChI=1S/C27H27N5O4S/c1-4-36-24-15-19(7-14-23(24)33)16-28-29-25(34)17-37-27-31-30-26(20-8-5-18(2)6-9-20)32(27)21-10-12-22(35-3)13-11-21/h5-16,33H,4,17H2,1-3H3,(H,29,34). The van der Waals surface area contributed by atoms with Gasteiger partial charge in [0.1, 0.15) is 5.75 Å². The minimum Gasteiger partial charge on any atom is -0.504 e. The van der Waals surface area contributed by atoms with Crippen LogP contribution in [0.5, 0.6) is 17.2 Å². The van der Waals surface area contributed by atoms with E-state index < -0.39 is 0 Å². The smallest absolute Gasteiger partial charge is 0.250 e. The maximum Gasteiger partial charge on any atom is 0.250 e. The normalized spacial score (nSPS) is 11.0. The summed E-state index contributed by atoms with van der Waals surface area (Å²) in [4.78, 5) is 12.5. The Hall–Kier alpha value is -4.31. The minimum absolute atomic E-state index is 0.0467. The molecule has 2 N–H and O–H groups in total. The number of aromatic hydroxyl groups is 1. The van der Waals surface area contributed by atoms with Crippen LogP contribution in [0.3, 0.4) is 0 Å². The maximum atomic E-state index is 12.5. The van der Waals surface area contributed by atoms with Gasteiger partial charge in [-0.15, -0.1) is 10.2 Å². The number of nitrogens with one attached hydrogen (secondary N) is 1. The van der Waals surface area contributed by atoms with Crippen molar-refractivity contribution >= 4 is 23.9 Å². The highest BCUT2D eigenvalue weighted by Crippen LogP contribution is 2.29. The van der Waals surface area contributed by atoms with Crippen molar-refractivity contribution in [2.75, 3.05) is 19.5 Å². The van der Waals surface area contributed by atoms with E-state index >= 15 is 0 Å². The van der Waals surface area contributed by atoms with Crippen LogP contribution in [0.4, 0.5) is 0 Å². The molecule has 0 aliphatic carbocycles. The lowest BCUT2D eigenvalue weighted by Gasteiger charge is -2.11. The van der Waals surface area contributed by atoms with Crippen molar-refractivity contribution in [2.24, 2.45) is 5.10 Å². The van der Waals surface area contributed by atoms with Gasteiger partial charge in [0.15, 0.2) is 22.5 Å². The van der Waals surface area contributed by atoms with E-state index in [0.29, 0.717) is 28.9 Å². The highest BCUT2D eigenvalue weighted by molar-refractivity contribution is 7.99. The summed E-state index contributed by atoms with van der Waals surface area (Å²) in [6.45, 7) is 4.28. The number of nitrogens with zero attached hydrogens (tertiary/aromatic N) is 4. The summed E-state index contributed by atoms with van der Waals surface area (Å²) in [5.41, 5.74) is 6.10. The number of thioether (sulfide) groups is 1. The average Bonchev–Trinajstić information content (AvgIpc) is 3.34.